The van der Waals surface area contributed by atoms with E-state index in [-0.39, 0.29) is 11.4 Å². The van der Waals surface area contributed by atoms with Crippen LogP contribution >= 0.6 is 0 Å². The maximum absolute atomic E-state index is 12.5. The van der Waals surface area contributed by atoms with Gasteiger partial charge in [0, 0.05) is 51.0 Å². The molecule has 1 aromatic rings. The molecule has 2 amide bonds. The highest BCUT2D eigenvalue weighted by Crippen LogP contribution is 2.37. The number of carbonyl (C=O) groups excluding carboxylic acids is 1. The average molecular weight is 347 g/mol. The van der Waals surface area contributed by atoms with E-state index < -0.39 is 0 Å². The minimum absolute atomic E-state index is 0.0538. The van der Waals surface area contributed by atoms with E-state index in [1.807, 2.05) is 4.90 Å². The summed E-state index contributed by atoms with van der Waals surface area (Å²) in [4.78, 5) is 14.4. The highest BCUT2D eigenvalue weighted by atomic mass is 16.5. The Hall–Kier alpha value is -1.63. The molecule has 1 aromatic heterocycles. The molecule has 4 rings (SSSR count). The molecular formula is C18H29N5O2. The van der Waals surface area contributed by atoms with Gasteiger partial charge in [0.15, 0.2) is 0 Å². The van der Waals surface area contributed by atoms with Gasteiger partial charge in [0.25, 0.3) is 0 Å². The lowest BCUT2D eigenvalue weighted by molar-refractivity contribution is -0.000429. The van der Waals surface area contributed by atoms with Crippen molar-refractivity contribution >= 4 is 6.03 Å². The van der Waals surface area contributed by atoms with Crippen LogP contribution in [0.1, 0.15) is 50.2 Å². The predicted octanol–water partition coefficient (Wildman–Crippen LogP) is 1.76. The molecular weight excluding hydrogens is 318 g/mol. The number of hydrogen-bond donors (Lipinski definition) is 1. The number of ether oxygens (including phenoxy) is 1. The van der Waals surface area contributed by atoms with Crippen LogP contribution in [0.2, 0.25) is 0 Å². The zero-order valence-corrected chi connectivity index (χ0v) is 15.0. The molecule has 2 fully saturated rings. The predicted molar refractivity (Wildman–Crippen MR) is 93.4 cm³/mol. The molecule has 3 aliphatic rings. The molecule has 1 spiro atoms. The monoisotopic (exact) mass is 347 g/mol. The fourth-order valence-corrected chi connectivity index (χ4v) is 4.46. The third kappa shape index (κ3) is 3.66. The molecule has 3 aliphatic heterocycles. The number of likely N-dealkylation sites (tertiary alicyclic amines) is 1. The number of fused-ring (bicyclic) bond motifs is 1. The Bertz CT molecular complexity index is 609. The molecule has 1 atom stereocenters. The summed E-state index contributed by atoms with van der Waals surface area (Å²) in [6.45, 7) is 4.99. The molecule has 0 aliphatic carbocycles. The lowest BCUT2D eigenvalue weighted by Gasteiger charge is -2.32. The van der Waals surface area contributed by atoms with E-state index in [4.69, 9.17) is 4.74 Å². The zero-order chi connectivity index (χ0) is 17.1. The van der Waals surface area contributed by atoms with Gasteiger partial charge in [-0.15, -0.1) is 10.2 Å². The summed E-state index contributed by atoms with van der Waals surface area (Å²) in [7, 11) is 0. The van der Waals surface area contributed by atoms with Gasteiger partial charge in [-0.3, -0.25) is 0 Å². The second-order valence-corrected chi connectivity index (χ2v) is 7.80. The van der Waals surface area contributed by atoms with Crippen molar-refractivity contribution in [3.63, 3.8) is 0 Å². The standard InChI is InChI=1S/C18H29N5O2/c24-17(22-11-8-18(13-22)7-4-12-25-14-18)19-9-6-16-21-20-15-5-2-1-3-10-23(15)16/h1-14H2,(H,19,24). The van der Waals surface area contributed by atoms with Gasteiger partial charge in [0.2, 0.25) is 0 Å². The third-order valence-corrected chi connectivity index (χ3v) is 5.94. The van der Waals surface area contributed by atoms with Gasteiger partial charge in [-0.25, -0.2) is 4.79 Å². The molecule has 1 N–H and O–H groups in total. The van der Waals surface area contributed by atoms with E-state index in [2.05, 4.69) is 20.1 Å². The van der Waals surface area contributed by atoms with Crippen LogP contribution in [0.15, 0.2) is 0 Å². The Labute approximate surface area is 149 Å². The van der Waals surface area contributed by atoms with Crippen molar-refractivity contribution in [1.29, 1.82) is 0 Å². The summed E-state index contributed by atoms with van der Waals surface area (Å²) >= 11 is 0. The highest BCUT2D eigenvalue weighted by Gasteiger charge is 2.41. The van der Waals surface area contributed by atoms with Gasteiger partial charge in [0.1, 0.15) is 11.6 Å². The molecule has 7 nitrogen and oxygen atoms in total. The molecule has 0 saturated carbocycles. The van der Waals surface area contributed by atoms with Crippen molar-refractivity contribution in [3.05, 3.63) is 11.6 Å². The van der Waals surface area contributed by atoms with E-state index in [9.17, 15) is 4.79 Å². The maximum atomic E-state index is 12.5. The first-order valence-corrected chi connectivity index (χ1v) is 9.77. The van der Waals surface area contributed by atoms with Crippen LogP contribution in [0.5, 0.6) is 0 Å². The van der Waals surface area contributed by atoms with Crippen LogP contribution in [0.3, 0.4) is 0 Å². The summed E-state index contributed by atoms with van der Waals surface area (Å²) in [5.74, 6) is 2.12. The van der Waals surface area contributed by atoms with Crippen molar-refractivity contribution in [1.82, 2.24) is 25.0 Å². The molecule has 0 radical (unpaired) electrons. The van der Waals surface area contributed by atoms with Crippen LogP contribution in [0.4, 0.5) is 4.79 Å². The molecule has 25 heavy (non-hydrogen) atoms. The highest BCUT2D eigenvalue weighted by molar-refractivity contribution is 5.74. The van der Waals surface area contributed by atoms with Gasteiger partial charge in [-0.2, -0.15) is 0 Å². The number of urea groups is 1. The first-order valence-electron chi connectivity index (χ1n) is 9.77. The number of aromatic nitrogens is 3. The van der Waals surface area contributed by atoms with E-state index in [1.165, 1.54) is 25.7 Å². The van der Waals surface area contributed by atoms with Gasteiger partial charge in [0.05, 0.1) is 6.61 Å². The van der Waals surface area contributed by atoms with Gasteiger partial charge in [-0.05, 0) is 32.1 Å². The van der Waals surface area contributed by atoms with E-state index in [0.717, 1.165) is 70.2 Å². The Balaban J connectivity index is 1.26. The number of amides is 2. The SMILES string of the molecule is O=C(NCCc1nnc2n1CCCCC2)N1CCC2(CCCOC2)C1. The molecule has 0 bridgehead atoms. The third-order valence-electron chi connectivity index (χ3n) is 5.94. The van der Waals surface area contributed by atoms with Crippen LogP contribution in [-0.2, 0) is 24.1 Å². The van der Waals surface area contributed by atoms with E-state index in [1.54, 1.807) is 0 Å². The Morgan fingerprint density at radius 3 is 3.00 bits per heavy atom. The van der Waals surface area contributed by atoms with Crippen molar-refractivity contribution in [2.75, 3.05) is 32.8 Å². The van der Waals surface area contributed by atoms with Crippen molar-refractivity contribution < 1.29 is 9.53 Å². The fourth-order valence-electron chi connectivity index (χ4n) is 4.46. The number of hydrogen-bond acceptors (Lipinski definition) is 4. The summed E-state index contributed by atoms with van der Waals surface area (Å²) in [5.41, 5.74) is 0.208. The number of rotatable bonds is 3. The lowest BCUT2D eigenvalue weighted by Crippen LogP contribution is -2.42. The zero-order valence-electron chi connectivity index (χ0n) is 15.0. The van der Waals surface area contributed by atoms with Crippen molar-refractivity contribution in [3.8, 4) is 0 Å². The van der Waals surface area contributed by atoms with Crippen molar-refractivity contribution in [2.24, 2.45) is 5.41 Å². The minimum Gasteiger partial charge on any atom is -0.381 e. The van der Waals surface area contributed by atoms with Gasteiger partial charge in [-0.1, -0.05) is 6.42 Å². The Kier molecular flexibility index (Phi) is 4.92. The molecule has 0 aromatic carbocycles. The van der Waals surface area contributed by atoms with Crippen LogP contribution < -0.4 is 5.32 Å². The summed E-state index contributed by atoms with van der Waals surface area (Å²) in [5, 5.41) is 11.7. The summed E-state index contributed by atoms with van der Waals surface area (Å²) in [6.07, 6.45) is 8.81. The van der Waals surface area contributed by atoms with E-state index >= 15 is 0 Å². The Morgan fingerprint density at radius 1 is 1.16 bits per heavy atom. The van der Waals surface area contributed by atoms with Crippen molar-refractivity contribution in [2.45, 2.75) is 57.9 Å². The fraction of sp³-hybridized carbons (Fsp3) is 0.833. The summed E-state index contributed by atoms with van der Waals surface area (Å²) in [6, 6.07) is 0.0538. The van der Waals surface area contributed by atoms with Crippen LogP contribution in [0.25, 0.3) is 0 Å². The number of nitrogens with zero attached hydrogens (tertiary/aromatic N) is 4. The Morgan fingerprint density at radius 2 is 2.12 bits per heavy atom. The van der Waals surface area contributed by atoms with E-state index in [0.29, 0.717) is 6.54 Å². The first kappa shape index (κ1) is 16.8. The molecule has 1 unspecified atom stereocenters. The normalized spacial score (nSPS) is 26.5. The van der Waals surface area contributed by atoms with Gasteiger partial charge >= 0.3 is 6.03 Å². The lowest BCUT2D eigenvalue weighted by atomic mass is 9.82. The molecule has 4 heterocycles. The molecule has 2 saturated heterocycles. The number of nitrogens with one attached hydrogen (secondary N) is 1. The number of aryl methyl sites for hydroxylation is 1. The maximum Gasteiger partial charge on any atom is 0.317 e. The molecule has 138 valence electrons. The second-order valence-electron chi connectivity index (χ2n) is 7.80. The number of carbonyl (C=O) groups is 1. The smallest absolute Gasteiger partial charge is 0.317 e. The quantitative estimate of drug-likeness (QED) is 0.904. The van der Waals surface area contributed by atoms with Gasteiger partial charge < -0.3 is 19.5 Å². The molecule has 7 heteroatoms. The average Bonchev–Trinajstić information content (AvgIpc) is 3.12. The topological polar surface area (TPSA) is 72.3 Å². The largest absolute Gasteiger partial charge is 0.381 e. The first-order chi connectivity index (χ1) is 12.3. The van der Waals surface area contributed by atoms with Crippen LogP contribution in [-0.4, -0.2) is 58.5 Å². The van der Waals surface area contributed by atoms with Crippen LogP contribution in [0, 0.1) is 5.41 Å². The minimum atomic E-state index is 0.0538. The second kappa shape index (κ2) is 7.32. The summed E-state index contributed by atoms with van der Waals surface area (Å²) < 4.78 is 7.91.